The lowest BCUT2D eigenvalue weighted by Gasteiger charge is -2.40. The van der Waals surface area contributed by atoms with Crippen molar-refractivity contribution in [1.29, 1.82) is 0 Å². The average molecular weight is 921 g/mol. The van der Waals surface area contributed by atoms with Crippen LogP contribution >= 0.6 is 22.7 Å². The molecule has 2 nitrogen and oxygen atoms in total. The SMILES string of the molecule is CCn1c2ccc(-c3ccccc3)cc2c2cc(-c3cc(C4=C(c5cc(-c6ccc7c(c6)c6cc(-c8ccccc8)ccc6n7CC)sc5C)C(F)(F)C(F)(F)C(F)(F)C4)c(C)s3)ccc21. The molecule has 0 bridgehead atoms. The van der Waals surface area contributed by atoms with Gasteiger partial charge in [0.05, 0.1) is 0 Å². The zero-order valence-electron chi connectivity index (χ0n) is 36.5. The molecule has 0 radical (unpaired) electrons. The Morgan fingerprint density at radius 2 is 0.833 bits per heavy atom. The highest BCUT2D eigenvalue weighted by atomic mass is 32.1. The number of hydrogen-bond donors (Lipinski definition) is 0. The molecule has 4 aromatic heterocycles. The van der Waals surface area contributed by atoms with E-state index in [1.165, 1.54) is 28.7 Å². The fourth-order valence-electron chi connectivity index (χ4n) is 10.2. The van der Waals surface area contributed by atoms with Crippen LogP contribution in [0.2, 0.25) is 0 Å². The van der Waals surface area contributed by atoms with E-state index in [-0.39, 0.29) is 11.1 Å². The van der Waals surface area contributed by atoms with Gasteiger partial charge in [0, 0.05) is 88.2 Å². The summed E-state index contributed by atoms with van der Waals surface area (Å²) < 4.78 is 100. The van der Waals surface area contributed by atoms with E-state index in [0.29, 0.717) is 31.6 Å². The smallest absolute Gasteiger partial charge is 0.341 e. The van der Waals surface area contributed by atoms with E-state index in [1.807, 2.05) is 72.8 Å². The number of halogens is 6. The third-order valence-electron chi connectivity index (χ3n) is 13.4. The van der Waals surface area contributed by atoms with Crippen LogP contribution in [-0.4, -0.2) is 26.9 Å². The maximum atomic E-state index is 16.6. The quantitative estimate of drug-likeness (QED) is 0.134. The molecule has 1 aliphatic carbocycles. The van der Waals surface area contributed by atoms with Crippen LogP contribution in [0, 0.1) is 13.8 Å². The van der Waals surface area contributed by atoms with Gasteiger partial charge in [0.2, 0.25) is 0 Å². The van der Waals surface area contributed by atoms with E-state index >= 15 is 26.3 Å². The Bertz CT molecular complexity index is 3590. The zero-order chi connectivity index (χ0) is 45.9. The second-order valence-corrected chi connectivity index (χ2v) is 19.7. The van der Waals surface area contributed by atoms with Crippen LogP contribution in [0.4, 0.5) is 26.3 Å². The highest BCUT2D eigenvalue weighted by molar-refractivity contribution is 7.16. The highest BCUT2D eigenvalue weighted by Crippen LogP contribution is 2.62. The number of alkyl halides is 6. The molecule has 11 rings (SSSR count). The molecule has 0 saturated carbocycles. The van der Waals surface area contributed by atoms with Gasteiger partial charge in [-0.3, -0.25) is 0 Å². The number of allylic oxidation sites excluding steroid dienone is 2. The summed E-state index contributed by atoms with van der Waals surface area (Å²) in [4.78, 5) is 2.05. The second kappa shape index (κ2) is 15.4. The van der Waals surface area contributed by atoms with Crippen LogP contribution < -0.4 is 0 Å². The number of rotatable bonds is 8. The van der Waals surface area contributed by atoms with Gasteiger partial charge < -0.3 is 9.13 Å². The molecular formula is C56H42F6N2S2. The van der Waals surface area contributed by atoms with Crippen molar-refractivity contribution in [2.75, 3.05) is 0 Å². The van der Waals surface area contributed by atoms with E-state index in [4.69, 9.17) is 0 Å². The van der Waals surface area contributed by atoms with Crippen LogP contribution in [-0.2, 0) is 13.1 Å². The molecule has 0 saturated heterocycles. The van der Waals surface area contributed by atoms with Crippen LogP contribution in [0.25, 0.3) is 97.9 Å². The van der Waals surface area contributed by atoms with Crippen LogP contribution in [0.3, 0.4) is 0 Å². The second-order valence-electron chi connectivity index (χ2n) is 17.2. The van der Waals surface area contributed by atoms with Gasteiger partial charge in [-0.05, 0) is 138 Å². The first-order valence-electron chi connectivity index (χ1n) is 22.0. The minimum Gasteiger partial charge on any atom is -0.341 e. The summed E-state index contributed by atoms with van der Waals surface area (Å²) in [6.07, 6.45) is -1.54. The van der Waals surface area contributed by atoms with Gasteiger partial charge in [-0.2, -0.15) is 26.3 Å². The third kappa shape index (κ3) is 6.35. The number of aromatic nitrogens is 2. The minimum atomic E-state index is -5.63. The lowest BCUT2D eigenvalue weighted by Crippen LogP contribution is -2.57. The number of fused-ring (bicyclic) bond motifs is 6. The van der Waals surface area contributed by atoms with Crippen molar-refractivity contribution in [2.24, 2.45) is 0 Å². The molecule has 66 heavy (non-hydrogen) atoms. The Labute approximate surface area is 385 Å². The Kier molecular flexibility index (Phi) is 9.84. The van der Waals surface area contributed by atoms with Crippen molar-refractivity contribution in [2.45, 2.75) is 65.0 Å². The predicted octanol–water partition coefficient (Wildman–Crippen LogP) is 17.6. The van der Waals surface area contributed by atoms with Crippen molar-refractivity contribution >= 4 is 77.4 Å². The van der Waals surface area contributed by atoms with E-state index in [0.717, 1.165) is 78.0 Å². The standard InChI is InChI=1S/C56H42F6N2S2/c1-5-63-47-21-17-36(34-13-9-7-10-14-34)25-42(47)44-27-38(19-23-49(44)63)51-29-40(32(3)65-51)46-31-54(57,58)56(61,62)55(59,60)53(46)41-30-52(66-33(41)4)39-20-24-50-45(28-39)43-26-37(35-15-11-8-12-16-35)18-22-48(43)64(50)6-2/h7-30H,5-6,31H2,1-4H3. The van der Waals surface area contributed by atoms with Crippen molar-refractivity contribution < 1.29 is 26.3 Å². The Morgan fingerprint density at radius 3 is 1.26 bits per heavy atom. The monoisotopic (exact) mass is 920 g/mol. The van der Waals surface area contributed by atoms with Crippen LogP contribution in [0.15, 0.2) is 146 Å². The van der Waals surface area contributed by atoms with E-state index in [2.05, 4.69) is 83.6 Å². The number of nitrogens with zero attached hydrogens (tertiary/aromatic N) is 2. The molecular weight excluding hydrogens is 879 g/mol. The normalized spacial score (nSPS) is 15.8. The van der Waals surface area contributed by atoms with Crippen LogP contribution in [0.5, 0.6) is 0 Å². The molecule has 0 amide bonds. The number of hydrogen-bond acceptors (Lipinski definition) is 2. The predicted molar refractivity (Wildman–Crippen MR) is 263 cm³/mol. The van der Waals surface area contributed by atoms with Gasteiger partial charge in [0.15, 0.2) is 0 Å². The molecule has 0 N–H and O–H groups in total. The first-order valence-corrected chi connectivity index (χ1v) is 23.7. The van der Waals surface area contributed by atoms with Gasteiger partial charge >= 0.3 is 17.8 Å². The first-order chi connectivity index (χ1) is 31.7. The molecule has 4 heterocycles. The van der Waals surface area contributed by atoms with E-state index < -0.39 is 35.3 Å². The average Bonchev–Trinajstić information content (AvgIpc) is 4.07. The molecule has 0 aliphatic heterocycles. The molecule has 0 fully saturated rings. The highest BCUT2D eigenvalue weighted by Gasteiger charge is 2.75. The van der Waals surface area contributed by atoms with Gasteiger partial charge in [-0.1, -0.05) is 84.9 Å². The van der Waals surface area contributed by atoms with Crippen LogP contribution in [0.1, 0.15) is 41.1 Å². The Morgan fingerprint density at radius 1 is 0.455 bits per heavy atom. The summed E-state index contributed by atoms with van der Waals surface area (Å²) in [7, 11) is 0. The Hall–Kier alpha value is -6.36. The summed E-state index contributed by atoms with van der Waals surface area (Å²) in [5.74, 6) is -15.8. The molecule has 0 atom stereocenters. The van der Waals surface area contributed by atoms with Crippen molar-refractivity contribution in [1.82, 2.24) is 9.13 Å². The zero-order valence-corrected chi connectivity index (χ0v) is 38.1. The molecule has 0 unspecified atom stereocenters. The van der Waals surface area contributed by atoms with E-state index in [1.54, 1.807) is 19.9 Å². The summed E-state index contributed by atoms with van der Waals surface area (Å²) in [6.45, 7) is 8.89. The molecule has 0 spiro atoms. The number of thiophene rings is 2. The summed E-state index contributed by atoms with van der Waals surface area (Å²) in [6, 6.07) is 47.9. The van der Waals surface area contributed by atoms with Gasteiger partial charge in [-0.15, -0.1) is 22.7 Å². The summed E-state index contributed by atoms with van der Waals surface area (Å²) in [5, 5.41) is 4.00. The van der Waals surface area contributed by atoms with Crippen molar-refractivity contribution in [3.05, 3.63) is 166 Å². The lowest BCUT2D eigenvalue weighted by atomic mass is 9.77. The largest absolute Gasteiger partial charge is 0.376 e. The fourth-order valence-corrected chi connectivity index (χ4v) is 12.2. The van der Waals surface area contributed by atoms with Gasteiger partial charge in [-0.25, -0.2) is 0 Å². The molecule has 6 aromatic carbocycles. The van der Waals surface area contributed by atoms with Crippen molar-refractivity contribution in [3.8, 4) is 43.1 Å². The minimum absolute atomic E-state index is 0.123. The van der Waals surface area contributed by atoms with E-state index in [9.17, 15) is 0 Å². The fraction of sp³-hybridized carbons (Fsp3) is 0.179. The first kappa shape index (κ1) is 42.3. The topological polar surface area (TPSA) is 9.86 Å². The maximum absolute atomic E-state index is 16.6. The molecule has 330 valence electrons. The van der Waals surface area contributed by atoms with Crippen molar-refractivity contribution in [3.63, 3.8) is 0 Å². The third-order valence-corrected chi connectivity index (χ3v) is 15.6. The molecule has 10 aromatic rings. The number of benzene rings is 6. The maximum Gasteiger partial charge on any atom is 0.376 e. The Balaban J connectivity index is 1.05. The molecule has 1 aliphatic rings. The lowest BCUT2D eigenvalue weighted by molar-refractivity contribution is -0.289. The van der Waals surface area contributed by atoms with Gasteiger partial charge in [0.1, 0.15) is 0 Å². The van der Waals surface area contributed by atoms with Gasteiger partial charge in [0.25, 0.3) is 0 Å². The molecule has 10 heteroatoms. The number of aryl methyl sites for hydroxylation is 4. The summed E-state index contributed by atoms with van der Waals surface area (Å²) in [5.41, 5.74) is 8.32. The summed E-state index contributed by atoms with van der Waals surface area (Å²) >= 11 is 2.47.